The van der Waals surface area contributed by atoms with Gasteiger partial charge in [0.1, 0.15) is 0 Å². The van der Waals surface area contributed by atoms with Crippen molar-refractivity contribution in [2.45, 2.75) is 91.4 Å². The third kappa shape index (κ3) is 2.74. The Kier molecular flexibility index (Phi) is 4.21. The first-order valence-electron chi connectivity index (χ1n) is 8.31. The maximum absolute atomic E-state index is 12.9. The van der Waals surface area contributed by atoms with Crippen LogP contribution in [-0.2, 0) is 4.79 Å². The molecule has 0 aromatic rings. The minimum Gasteiger partial charge on any atom is -0.322 e. The molecule has 0 spiro atoms. The Morgan fingerprint density at radius 1 is 1.35 bits per heavy atom. The van der Waals surface area contributed by atoms with Crippen LogP contribution in [0.15, 0.2) is 0 Å². The van der Waals surface area contributed by atoms with Crippen LogP contribution in [0.2, 0.25) is 0 Å². The van der Waals surface area contributed by atoms with Gasteiger partial charge in [0.15, 0.2) is 0 Å². The fourth-order valence-electron chi connectivity index (χ4n) is 3.90. The van der Waals surface area contributed by atoms with Gasteiger partial charge in [0, 0.05) is 6.04 Å². The lowest BCUT2D eigenvalue weighted by Gasteiger charge is -2.42. The van der Waals surface area contributed by atoms with Crippen LogP contribution in [0, 0.1) is 11.3 Å². The van der Waals surface area contributed by atoms with E-state index in [1.165, 1.54) is 19.3 Å². The fourth-order valence-corrected chi connectivity index (χ4v) is 3.90. The van der Waals surface area contributed by atoms with Gasteiger partial charge >= 0.3 is 0 Å². The second kappa shape index (κ2) is 5.32. The number of carbonyl (C=O) groups excluding carboxylic acids is 1. The van der Waals surface area contributed by atoms with Crippen molar-refractivity contribution >= 4 is 5.91 Å². The molecule has 1 heterocycles. The molecule has 1 aliphatic heterocycles. The molecule has 2 fully saturated rings. The van der Waals surface area contributed by atoms with Crippen LogP contribution in [0.1, 0.15) is 73.6 Å². The van der Waals surface area contributed by atoms with Crippen LogP contribution >= 0.6 is 0 Å². The first kappa shape index (κ1) is 15.8. The van der Waals surface area contributed by atoms with Gasteiger partial charge in [-0.3, -0.25) is 10.1 Å². The van der Waals surface area contributed by atoms with E-state index in [9.17, 15) is 4.79 Å². The summed E-state index contributed by atoms with van der Waals surface area (Å²) in [7, 11) is 0. The molecule has 3 heteroatoms. The molecular formula is C17H32N2O. The predicted octanol–water partition coefficient (Wildman–Crippen LogP) is 3.54. The van der Waals surface area contributed by atoms with Gasteiger partial charge in [-0.25, -0.2) is 0 Å². The molecule has 3 unspecified atom stereocenters. The Morgan fingerprint density at radius 2 is 2.00 bits per heavy atom. The van der Waals surface area contributed by atoms with E-state index in [1.807, 2.05) is 0 Å². The van der Waals surface area contributed by atoms with Gasteiger partial charge in [-0.1, -0.05) is 41.0 Å². The molecule has 116 valence electrons. The molecule has 0 aromatic carbocycles. The largest absolute Gasteiger partial charge is 0.322 e. The molecule has 1 aliphatic carbocycles. The second-order valence-electron chi connectivity index (χ2n) is 8.15. The zero-order valence-corrected chi connectivity index (χ0v) is 14.1. The molecule has 2 rings (SSSR count). The zero-order valence-electron chi connectivity index (χ0n) is 14.1. The van der Waals surface area contributed by atoms with E-state index in [4.69, 9.17) is 0 Å². The number of hydrogen-bond donors (Lipinski definition) is 1. The van der Waals surface area contributed by atoms with Crippen LogP contribution < -0.4 is 5.32 Å². The number of hydrogen-bond acceptors (Lipinski definition) is 2. The quantitative estimate of drug-likeness (QED) is 0.857. The Morgan fingerprint density at radius 3 is 2.50 bits per heavy atom. The Labute approximate surface area is 124 Å². The van der Waals surface area contributed by atoms with E-state index in [2.05, 4.69) is 51.8 Å². The molecular weight excluding hydrogens is 248 g/mol. The van der Waals surface area contributed by atoms with Crippen molar-refractivity contribution in [2.24, 2.45) is 11.3 Å². The van der Waals surface area contributed by atoms with Crippen LogP contribution in [0.5, 0.6) is 0 Å². The molecule has 0 aromatic heterocycles. The van der Waals surface area contributed by atoms with Crippen molar-refractivity contribution in [3.05, 3.63) is 0 Å². The standard InChI is InChI=1S/C17H32N2O/c1-7-17(6)15(20)19(14(18-17)12(2)3)13-9-8-10-16(4,5)11-13/h12-14,18H,7-11H2,1-6H3. The summed E-state index contributed by atoms with van der Waals surface area (Å²) in [5.41, 5.74) is 0.00641. The Balaban J connectivity index is 2.25. The average Bonchev–Trinajstić information content (AvgIpc) is 2.62. The summed E-state index contributed by atoms with van der Waals surface area (Å²) in [6, 6.07) is 0.416. The van der Waals surface area contributed by atoms with Crippen LogP contribution in [0.25, 0.3) is 0 Å². The van der Waals surface area contributed by atoms with Gasteiger partial charge in [0.05, 0.1) is 11.7 Å². The third-order valence-electron chi connectivity index (χ3n) is 5.38. The average molecular weight is 280 g/mol. The van der Waals surface area contributed by atoms with Crippen molar-refractivity contribution in [3.8, 4) is 0 Å². The maximum atomic E-state index is 12.9. The summed E-state index contributed by atoms with van der Waals surface area (Å²) in [5, 5.41) is 3.62. The summed E-state index contributed by atoms with van der Waals surface area (Å²) < 4.78 is 0. The Bertz CT molecular complexity index is 377. The number of amides is 1. The third-order valence-corrected chi connectivity index (χ3v) is 5.38. The zero-order chi connectivity index (χ0) is 15.1. The summed E-state index contributed by atoms with van der Waals surface area (Å²) in [5.74, 6) is 0.777. The molecule has 1 amide bonds. The van der Waals surface area contributed by atoms with E-state index in [1.54, 1.807) is 0 Å². The summed E-state index contributed by atoms with van der Waals surface area (Å²) in [4.78, 5) is 15.2. The van der Waals surface area contributed by atoms with E-state index in [-0.39, 0.29) is 11.7 Å². The number of nitrogens with zero attached hydrogens (tertiary/aromatic N) is 1. The second-order valence-corrected chi connectivity index (χ2v) is 8.15. The highest BCUT2D eigenvalue weighted by molar-refractivity contribution is 5.88. The van der Waals surface area contributed by atoms with Crippen molar-refractivity contribution in [3.63, 3.8) is 0 Å². The highest BCUT2D eigenvalue weighted by Gasteiger charge is 2.50. The van der Waals surface area contributed by atoms with Gasteiger partial charge < -0.3 is 4.90 Å². The lowest BCUT2D eigenvalue weighted by molar-refractivity contribution is -0.137. The summed E-state index contributed by atoms with van der Waals surface area (Å²) in [6.07, 6.45) is 5.91. The van der Waals surface area contributed by atoms with Gasteiger partial charge in [0.2, 0.25) is 5.91 Å². The lowest BCUT2D eigenvalue weighted by atomic mass is 9.74. The van der Waals surface area contributed by atoms with E-state index in [0.29, 0.717) is 23.3 Å². The van der Waals surface area contributed by atoms with Gasteiger partial charge in [-0.2, -0.15) is 0 Å². The van der Waals surface area contributed by atoms with E-state index in [0.717, 1.165) is 12.8 Å². The molecule has 2 aliphatic rings. The number of carbonyl (C=O) groups is 1. The molecule has 0 radical (unpaired) electrons. The maximum Gasteiger partial charge on any atom is 0.244 e. The summed E-state index contributed by atoms with van der Waals surface area (Å²) in [6.45, 7) is 13.3. The lowest BCUT2D eigenvalue weighted by Crippen LogP contribution is -2.50. The number of nitrogens with one attached hydrogen (secondary N) is 1. The normalized spacial score (nSPS) is 37.8. The number of rotatable bonds is 3. The van der Waals surface area contributed by atoms with E-state index >= 15 is 0 Å². The van der Waals surface area contributed by atoms with Crippen molar-refractivity contribution in [2.75, 3.05) is 0 Å². The van der Waals surface area contributed by atoms with Gasteiger partial charge in [-0.05, 0) is 43.9 Å². The molecule has 20 heavy (non-hydrogen) atoms. The first-order chi connectivity index (χ1) is 9.20. The SMILES string of the molecule is CCC1(C)NC(C(C)C)N(C2CCCC(C)(C)C2)C1=O. The smallest absolute Gasteiger partial charge is 0.244 e. The van der Waals surface area contributed by atoms with Crippen LogP contribution in [-0.4, -0.2) is 28.6 Å². The van der Waals surface area contributed by atoms with Gasteiger partial charge in [-0.15, -0.1) is 0 Å². The first-order valence-corrected chi connectivity index (χ1v) is 8.31. The molecule has 3 nitrogen and oxygen atoms in total. The highest BCUT2D eigenvalue weighted by atomic mass is 16.2. The Hall–Kier alpha value is -0.570. The highest BCUT2D eigenvalue weighted by Crippen LogP contribution is 2.40. The molecule has 1 N–H and O–H groups in total. The molecule has 0 bridgehead atoms. The van der Waals surface area contributed by atoms with E-state index < -0.39 is 0 Å². The van der Waals surface area contributed by atoms with Gasteiger partial charge in [0.25, 0.3) is 0 Å². The van der Waals surface area contributed by atoms with Crippen molar-refractivity contribution < 1.29 is 4.79 Å². The molecule has 1 saturated carbocycles. The van der Waals surface area contributed by atoms with Crippen molar-refractivity contribution in [1.82, 2.24) is 10.2 Å². The fraction of sp³-hybridized carbons (Fsp3) is 0.941. The minimum absolute atomic E-state index is 0.200. The topological polar surface area (TPSA) is 32.3 Å². The molecule has 3 atom stereocenters. The summed E-state index contributed by atoms with van der Waals surface area (Å²) >= 11 is 0. The monoisotopic (exact) mass is 280 g/mol. The van der Waals surface area contributed by atoms with Crippen LogP contribution in [0.3, 0.4) is 0 Å². The predicted molar refractivity (Wildman–Crippen MR) is 83.3 cm³/mol. The van der Waals surface area contributed by atoms with Crippen molar-refractivity contribution in [1.29, 1.82) is 0 Å². The van der Waals surface area contributed by atoms with Crippen LogP contribution in [0.4, 0.5) is 0 Å². The minimum atomic E-state index is -0.365. The molecule has 1 saturated heterocycles.